The van der Waals surface area contributed by atoms with Gasteiger partial charge in [0, 0.05) is 0 Å². The third-order valence-corrected chi connectivity index (χ3v) is 0.474. The van der Waals surface area contributed by atoms with Crippen LogP contribution in [-0.2, 0) is 0 Å². The van der Waals surface area contributed by atoms with Crippen molar-refractivity contribution >= 4 is 12.6 Å². The van der Waals surface area contributed by atoms with Gasteiger partial charge in [-0.1, -0.05) is 0 Å². The summed E-state index contributed by atoms with van der Waals surface area (Å²) < 4.78 is 0. The standard InChI is InChI=1S/C3H7S.Na/c1-2-3-4;/h4H,1-3H2;/q-1;+1. The zero-order valence-electron chi connectivity index (χ0n) is 3.57. The van der Waals surface area contributed by atoms with Crippen molar-refractivity contribution in [3.05, 3.63) is 6.92 Å². The Hall–Kier alpha value is 1.35. The third kappa shape index (κ3) is 10.9. The molecule has 0 aromatic carbocycles. The van der Waals surface area contributed by atoms with Crippen LogP contribution < -0.4 is 29.6 Å². The molecule has 0 aliphatic rings. The molecule has 0 saturated heterocycles. The molecule has 5 heavy (non-hydrogen) atoms. The Morgan fingerprint density at radius 3 is 1.80 bits per heavy atom. The largest absolute Gasteiger partial charge is 1.00 e. The molecule has 0 radical (unpaired) electrons. The van der Waals surface area contributed by atoms with Gasteiger partial charge in [-0.05, 0) is 5.75 Å². The van der Waals surface area contributed by atoms with Crippen molar-refractivity contribution in [1.29, 1.82) is 0 Å². The van der Waals surface area contributed by atoms with E-state index in [0.29, 0.717) is 0 Å². The van der Waals surface area contributed by atoms with Crippen LogP contribution in [0.3, 0.4) is 0 Å². The molecule has 0 aromatic rings. The van der Waals surface area contributed by atoms with Crippen LogP contribution in [0.15, 0.2) is 0 Å². The first-order chi connectivity index (χ1) is 1.91. The Labute approximate surface area is 61.0 Å². The van der Waals surface area contributed by atoms with E-state index < -0.39 is 0 Å². The molecule has 0 amide bonds. The maximum atomic E-state index is 3.86. The van der Waals surface area contributed by atoms with Gasteiger partial charge in [0.1, 0.15) is 0 Å². The second-order valence-electron chi connectivity index (χ2n) is 0.577. The van der Waals surface area contributed by atoms with Gasteiger partial charge >= 0.3 is 29.6 Å². The minimum absolute atomic E-state index is 0. The third-order valence-electron chi connectivity index (χ3n) is 0.158. The zero-order valence-corrected chi connectivity index (χ0v) is 6.46. The van der Waals surface area contributed by atoms with Crippen LogP contribution in [0.1, 0.15) is 6.42 Å². The maximum Gasteiger partial charge on any atom is 1.00 e. The molecule has 0 aliphatic heterocycles. The summed E-state index contributed by atoms with van der Waals surface area (Å²) in [7, 11) is 0. The Balaban J connectivity index is 0. The molecule has 0 fully saturated rings. The van der Waals surface area contributed by atoms with Gasteiger partial charge in [-0.2, -0.15) is 19.0 Å². The second-order valence-corrected chi connectivity index (χ2v) is 1.02. The van der Waals surface area contributed by atoms with Gasteiger partial charge in [0.05, 0.1) is 0 Å². The number of thiol groups is 1. The molecule has 0 N–H and O–H groups in total. The SMILES string of the molecule is [CH2-]CCS.[Na+]. The predicted molar refractivity (Wildman–Crippen MR) is 23.8 cm³/mol. The van der Waals surface area contributed by atoms with E-state index in [-0.39, 0.29) is 29.6 Å². The fourth-order valence-corrected chi connectivity index (χ4v) is 0. The summed E-state index contributed by atoms with van der Waals surface area (Å²) in [6, 6.07) is 0. The summed E-state index contributed by atoms with van der Waals surface area (Å²) in [5, 5.41) is 0. The van der Waals surface area contributed by atoms with E-state index >= 15 is 0 Å². The van der Waals surface area contributed by atoms with Gasteiger partial charge in [0.15, 0.2) is 0 Å². The van der Waals surface area contributed by atoms with Crippen LogP contribution in [0.4, 0.5) is 0 Å². The fourth-order valence-electron chi connectivity index (χ4n) is 0. The number of hydrogen-bond acceptors (Lipinski definition) is 1. The molecule has 0 bridgehead atoms. The van der Waals surface area contributed by atoms with Crippen LogP contribution in [-0.4, -0.2) is 5.75 Å². The van der Waals surface area contributed by atoms with E-state index in [1.807, 2.05) is 0 Å². The number of rotatable bonds is 1. The van der Waals surface area contributed by atoms with Crippen LogP contribution in [0, 0.1) is 6.92 Å². The topological polar surface area (TPSA) is 0 Å². The molecule has 0 unspecified atom stereocenters. The Kier molecular flexibility index (Phi) is 17.3. The van der Waals surface area contributed by atoms with Crippen LogP contribution >= 0.6 is 12.6 Å². The molecule has 0 heterocycles. The van der Waals surface area contributed by atoms with E-state index in [9.17, 15) is 0 Å². The molecule has 0 spiro atoms. The fraction of sp³-hybridized carbons (Fsp3) is 0.667. The normalized spacial score (nSPS) is 6.00. The van der Waals surface area contributed by atoms with Gasteiger partial charge in [-0.3, -0.25) is 0 Å². The Morgan fingerprint density at radius 2 is 1.80 bits per heavy atom. The van der Waals surface area contributed by atoms with Crippen molar-refractivity contribution in [3.8, 4) is 0 Å². The molecule has 0 saturated carbocycles. The molecule has 0 rings (SSSR count). The Morgan fingerprint density at radius 1 is 1.60 bits per heavy atom. The van der Waals surface area contributed by atoms with Gasteiger partial charge in [-0.15, -0.1) is 0 Å². The summed E-state index contributed by atoms with van der Waals surface area (Å²) >= 11 is 3.86. The summed E-state index contributed by atoms with van der Waals surface area (Å²) in [5.74, 6) is 0.903. The van der Waals surface area contributed by atoms with Crippen molar-refractivity contribution in [2.75, 3.05) is 5.75 Å². The maximum absolute atomic E-state index is 3.86. The van der Waals surface area contributed by atoms with Gasteiger partial charge < -0.3 is 6.92 Å². The van der Waals surface area contributed by atoms with Gasteiger partial charge in [0.25, 0.3) is 0 Å². The summed E-state index contributed by atoms with van der Waals surface area (Å²) in [4.78, 5) is 0. The average molecular weight is 98.1 g/mol. The van der Waals surface area contributed by atoms with Gasteiger partial charge in [-0.25, -0.2) is 0 Å². The first kappa shape index (κ1) is 9.61. The molecule has 2 heteroatoms. The minimum Gasteiger partial charge on any atom is -0.343 e. The second kappa shape index (κ2) is 9.02. The molecule has 0 nitrogen and oxygen atoms in total. The van der Waals surface area contributed by atoms with Crippen LogP contribution in [0.25, 0.3) is 0 Å². The van der Waals surface area contributed by atoms with E-state index in [4.69, 9.17) is 0 Å². The first-order valence-electron chi connectivity index (χ1n) is 1.32. The molecule has 0 aromatic heterocycles. The predicted octanol–water partition coefficient (Wildman–Crippen LogP) is -1.86. The van der Waals surface area contributed by atoms with Crippen LogP contribution in [0.2, 0.25) is 0 Å². The Bertz CT molecular complexity index is 8.85. The van der Waals surface area contributed by atoms with Crippen molar-refractivity contribution < 1.29 is 29.6 Å². The summed E-state index contributed by atoms with van der Waals surface area (Å²) in [6.45, 7) is 3.53. The molecule has 26 valence electrons. The monoisotopic (exact) mass is 98.0 g/mol. The number of hydrogen-bond donors (Lipinski definition) is 1. The zero-order chi connectivity index (χ0) is 3.41. The molecule has 0 atom stereocenters. The van der Waals surface area contributed by atoms with Crippen molar-refractivity contribution in [2.24, 2.45) is 0 Å². The molecular formula is C3H7NaS. The minimum atomic E-state index is 0. The van der Waals surface area contributed by atoms with E-state index in [1.54, 1.807) is 0 Å². The van der Waals surface area contributed by atoms with Crippen molar-refractivity contribution in [2.45, 2.75) is 6.42 Å². The quantitative estimate of drug-likeness (QED) is 0.222. The molecule has 0 aliphatic carbocycles. The van der Waals surface area contributed by atoms with Crippen molar-refractivity contribution in [3.63, 3.8) is 0 Å². The van der Waals surface area contributed by atoms with Gasteiger partial charge in [0.2, 0.25) is 0 Å². The van der Waals surface area contributed by atoms with E-state index in [0.717, 1.165) is 12.2 Å². The summed E-state index contributed by atoms with van der Waals surface area (Å²) in [5.41, 5.74) is 0. The summed E-state index contributed by atoms with van der Waals surface area (Å²) in [6.07, 6.45) is 0.934. The van der Waals surface area contributed by atoms with E-state index in [2.05, 4.69) is 19.6 Å². The average Bonchev–Trinajstić information content (AvgIpc) is 1.37. The smallest absolute Gasteiger partial charge is 0.343 e. The van der Waals surface area contributed by atoms with Crippen molar-refractivity contribution in [1.82, 2.24) is 0 Å². The van der Waals surface area contributed by atoms with E-state index in [1.165, 1.54) is 0 Å². The molecular weight excluding hydrogens is 91.1 g/mol. The van der Waals surface area contributed by atoms with Crippen LogP contribution in [0.5, 0.6) is 0 Å². The first-order valence-corrected chi connectivity index (χ1v) is 1.95.